The average molecular weight is 276 g/mol. The Hall–Kier alpha value is -1.44. The van der Waals surface area contributed by atoms with E-state index in [1.54, 1.807) is 12.1 Å². The van der Waals surface area contributed by atoms with E-state index in [0.29, 0.717) is 0 Å². The standard InChI is InChI=1S/C9H6ClNO5S/c10-5-17(14,15)16-11-8(12)6-3-1-2-4-7(6)9(11)13/h1-4H,5H2. The quantitative estimate of drug-likeness (QED) is 0.600. The van der Waals surface area contributed by atoms with Crippen LogP contribution >= 0.6 is 11.6 Å². The van der Waals surface area contributed by atoms with Gasteiger partial charge in [0.25, 0.3) is 11.8 Å². The fraction of sp³-hybridized carbons (Fsp3) is 0.111. The molecule has 1 aliphatic heterocycles. The summed E-state index contributed by atoms with van der Waals surface area (Å²) in [6, 6.07) is 5.94. The van der Waals surface area contributed by atoms with Gasteiger partial charge in [-0.2, -0.15) is 8.42 Å². The van der Waals surface area contributed by atoms with Crippen LogP contribution in [0, 0.1) is 0 Å². The molecule has 17 heavy (non-hydrogen) atoms. The van der Waals surface area contributed by atoms with Crippen LogP contribution in [0.1, 0.15) is 20.7 Å². The van der Waals surface area contributed by atoms with Crippen LogP contribution in [0.25, 0.3) is 0 Å². The minimum atomic E-state index is -4.14. The predicted octanol–water partition coefficient (Wildman–Crippen LogP) is 0.740. The minimum absolute atomic E-state index is 0.0993. The lowest BCUT2D eigenvalue weighted by Crippen LogP contribution is -2.33. The lowest BCUT2D eigenvalue weighted by Gasteiger charge is -2.10. The van der Waals surface area contributed by atoms with Gasteiger partial charge in [0, 0.05) is 0 Å². The summed E-state index contributed by atoms with van der Waals surface area (Å²) < 4.78 is 26.5. The first-order valence-electron chi connectivity index (χ1n) is 4.42. The molecule has 0 unspecified atom stereocenters. The number of nitrogens with zero attached hydrogens (tertiary/aromatic N) is 1. The summed E-state index contributed by atoms with van der Waals surface area (Å²) in [7, 11) is -4.14. The smallest absolute Gasteiger partial charge is 0.266 e. The van der Waals surface area contributed by atoms with Crippen molar-refractivity contribution in [3.8, 4) is 0 Å². The maximum absolute atomic E-state index is 11.7. The van der Waals surface area contributed by atoms with Gasteiger partial charge >= 0.3 is 10.1 Å². The number of imide groups is 1. The number of hydrogen-bond acceptors (Lipinski definition) is 5. The summed E-state index contributed by atoms with van der Waals surface area (Å²) in [5.41, 5.74) is 0.199. The number of carbonyl (C=O) groups excluding carboxylic acids is 2. The first-order chi connectivity index (χ1) is 7.96. The molecule has 0 spiro atoms. The zero-order valence-electron chi connectivity index (χ0n) is 8.29. The zero-order chi connectivity index (χ0) is 12.6. The molecule has 0 fully saturated rings. The third-order valence-electron chi connectivity index (χ3n) is 2.08. The molecule has 0 saturated carbocycles. The second kappa shape index (κ2) is 4.10. The van der Waals surface area contributed by atoms with Crippen LogP contribution < -0.4 is 0 Å². The van der Waals surface area contributed by atoms with Crippen LogP contribution in [-0.4, -0.2) is 30.5 Å². The minimum Gasteiger partial charge on any atom is -0.266 e. The second-order valence-electron chi connectivity index (χ2n) is 3.19. The van der Waals surface area contributed by atoms with Crippen LogP contribution in [0.15, 0.2) is 24.3 Å². The largest absolute Gasteiger partial charge is 0.302 e. The van der Waals surface area contributed by atoms with Gasteiger partial charge in [0.2, 0.25) is 0 Å². The van der Waals surface area contributed by atoms with E-state index in [9.17, 15) is 18.0 Å². The predicted molar refractivity (Wildman–Crippen MR) is 57.7 cm³/mol. The Morgan fingerprint density at radius 2 is 1.59 bits per heavy atom. The van der Waals surface area contributed by atoms with Crippen molar-refractivity contribution >= 4 is 33.5 Å². The van der Waals surface area contributed by atoms with Gasteiger partial charge in [-0.15, -0.1) is 20.9 Å². The molecule has 1 heterocycles. The van der Waals surface area contributed by atoms with E-state index in [-0.39, 0.29) is 16.2 Å². The third-order valence-corrected chi connectivity index (χ3v) is 3.52. The van der Waals surface area contributed by atoms with E-state index in [0.717, 1.165) is 0 Å². The first kappa shape index (κ1) is 12.0. The number of carbonyl (C=O) groups is 2. The van der Waals surface area contributed by atoms with Crippen molar-refractivity contribution in [3.05, 3.63) is 35.4 Å². The van der Waals surface area contributed by atoms with E-state index in [4.69, 9.17) is 11.6 Å². The molecule has 0 N–H and O–H groups in total. The maximum Gasteiger partial charge on any atom is 0.302 e. The number of alkyl halides is 1. The summed E-state index contributed by atoms with van der Waals surface area (Å²) in [6.45, 7) is 0. The van der Waals surface area contributed by atoms with Crippen molar-refractivity contribution in [2.45, 2.75) is 0 Å². The first-order valence-corrected chi connectivity index (χ1v) is 6.53. The lowest BCUT2D eigenvalue weighted by atomic mass is 10.1. The molecule has 1 aromatic rings. The molecule has 1 aliphatic rings. The molecule has 0 bridgehead atoms. The normalized spacial score (nSPS) is 15.2. The Bertz CT molecular complexity index is 562. The second-order valence-corrected chi connectivity index (χ2v) is 5.33. The molecule has 0 aromatic heterocycles. The highest BCUT2D eigenvalue weighted by atomic mass is 35.5. The number of rotatable bonds is 3. The Morgan fingerprint density at radius 3 is 2.00 bits per heavy atom. The highest BCUT2D eigenvalue weighted by Crippen LogP contribution is 2.23. The van der Waals surface area contributed by atoms with Gasteiger partial charge in [0.1, 0.15) is 0 Å². The summed E-state index contributed by atoms with van der Waals surface area (Å²) in [5, 5.41) is -0.650. The highest BCUT2D eigenvalue weighted by molar-refractivity contribution is 7.87. The van der Waals surface area contributed by atoms with Crippen molar-refractivity contribution < 1.29 is 22.3 Å². The number of amides is 2. The molecule has 0 radical (unpaired) electrons. The number of fused-ring (bicyclic) bond motifs is 1. The zero-order valence-corrected chi connectivity index (χ0v) is 9.86. The van der Waals surface area contributed by atoms with Crippen molar-refractivity contribution in [1.82, 2.24) is 5.06 Å². The molecule has 2 amide bonds. The van der Waals surface area contributed by atoms with E-state index in [1.165, 1.54) is 12.1 Å². The molecule has 8 heteroatoms. The summed E-state index contributed by atoms with van der Waals surface area (Å²) in [6.07, 6.45) is 0. The van der Waals surface area contributed by atoms with E-state index < -0.39 is 27.1 Å². The summed E-state index contributed by atoms with van der Waals surface area (Å²) >= 11 is 5.12. The van der Waals surface area contributed by atoms with E-state index in [2.05, 4.69) is 4.28 Å². The average Bonchev–Trinajstić information content (AvgIpc) is 2.55. The number of hydrogen-bond donors (Lipinski definition) is 0. The van der Waals surface area contributed by atoms with E-state index in [1.807, 2.05) is 0 Å². The van der Waals surface area contributed by atoms with Crippen LogP contribution in [0.2, 0.25) is 0 Å². The van der Waals surface area contributed by atoms with Crippen molar-refractivity contribution in [1.29, 1.82) is 0 Å². The van der Waals surface area contributed by atoms with Crippen LogP contribution in [0.4, 0.5) is 0 Å². The van der Waals surface area contributed by atoms with Gasteiger partial charge in [-0.1, -0.05) is 12.1 Å². The Labute approximate surface area is 102 Å². The SMILES string of the molecule is O=C1c2ccccc2C(=O)N1OS(=O)(=O)CCl. The topological polar surface area (TPSA) is 80.8 Å². The Morgan fingerprint density at radius 1 is 1.12 bits per heavy atom. The van der Waals surface area contributed by atoms with E-state index >= 15 is 0 Å². The third kappa shape index (κ3) is 2.04. The summed E-state index contributed by atoms with van der Waals surface area (Å²) in [5.74, 6) is -1.64. The van der Waals surface area contributed by atoms with Gasteiger partial charge in [0.05, 0.1) is 11.1 Å². The van der Waals surface area contributed by atoms with Gasteiger partial charge in [-0.25, -0.2) is 0 Å². The van der Waals surface area contributed by atoms with Crippen LogP contribution in [0.5, 0.6) is 0 Å². The highest BCUT2D eigenvalue weighted by Gasteiger charge is 2.39. The molecule has 90 valence electrons. The number of benzene rings is 1. The lowest BCUT2D eigenvalue weighted by molar-refractivity contribution is -0.00995. The van der Waals surface area contributed by atoms with Crippen molar-refractivity contribution in [2.24, 2.45) is 0 Å². The molecular weight excluding hydrogens is 270 g/mol. The Balaban J connectivity index is 2.37. The fourth-order valence-corrected chi connectivity index (χ4v) is 1.89. The number of halogens is 1. The molecule has 6 nitrogen and oxygen atoms in total. The molecule has 2 rings (SSSR count). The molecule has 0 saturated heterocycles. The van der Waals surface area contributed by atoms with Crippen molar-refractivity contribution in [3.63, 3.8) is 0 Å². The van der Waals surface area contributed by atoms with Crippen LogP contribution in [0.3, 0.4) is 0 Å². The fourth-order valence-electron chi connectivity index (χ4n) is 1.37. The van der Waals surface area contributed by atoms with Crippen molar-refractivity contribution in [2.75, 3.05) is 5.21 Å². The Kier molecular flexibility index (Phi) is 2.90. The maximum atomic E-state index is 11.7. The van der Waals surface area contributed by atoms with Crippen LogP contribution in [-0.2, 0) is 14.4 Å². The summed E-state index contributed by atoms with van der Waals surface area (Å²) in [4.78, 5) is 23.3. The molecular formula is C9H6ClNO5S. The number of hydroxylamine groups is 2. The van der Waals surface area contributed by atoms with Gasteiger partial charge < -0.3 is 0 Å². The molecule has 1 aromatic carbocycles. The molecule has 0 aliphatic carbocycles. The van der Waals surface area contributed by atoms with Gasteiger partial charge in [-0.05, 0) is 12.1 Å². The van der Waals surface area contributed by atoms with Gasteiger partial charge in [-0.3, -0.25) is 9.59 Å². The monoisotopic (exact) mass is 275 g/mol. The molecule has 0 atom stereocenters. The van der Waals surface area contributed by atoms with Gasteiger partial charge in [0.15, 0.2) is 5.21 Å².